The molecule has 3 heteroatoms. The van der Waals surface area contributed by atoms with Crippen molar-refractivity contribution in [1.29, 1.82) is 0 Å². The van der Waals surface area contributed by atoms with Crippen molar-refractivity contribution in [1.82, 2.24) is 0 Å². The molecule has 0 amide bonds. The molecule has 1 aromatic rings. The van der Waals surface area contributed by atoms with Gasteiger partial charge in [-0.1, -0.05) is 29.8 Å². The molecular weight excluding hydrogens is 244 g/mol. The lowest BCUT2D eigenvalue weighted by Crippen LogP contribution is -2.18. The van der Waals surface area contributed by atoms with Gasteiger partial charge in [-0.3, -0.25) is 0 Å². The topological polar surface area (TPSA) is 34.1 Å². The molecule has 18 heavy (non-hydrogen) atoms. The monoisotopic (exact) mass is 264 g/mol. The first kappa shape index (κ1) is 13.3. The second-order valence-electron chi connectivity index (χ2n) is 5.34. The van der Waals surface area contributed by atoms with Crippen molar-refractivity contribution in [3.05, 3.63) is 42.0 Å². The van der Waals surface area contributed by atoms with Crippen LogP contribution in [0.5, 0.6) is 0 Å². The zero-order valence-electron chi connectivity index (χ0n) is 11.0. The minimum Gasteiger partial charge on any atom is -0.223 e. The van der Waals surface area contributed by atoms with Crippen molar-refractivity contribution in [3.8, 4) is 0 Å². The van der Waals surface area contributed by atoms with Gasteiger partial charge < -0.3 is 0 Å². The summed E-state index contributed by atoms with van der Waals surface area (Å²) in [5.74, 6) is 0.371. The molecule has 2 unspecified atom stereocenters. The molecule has 0 aliphatic heterocycles. The molecule has 1 fully saturated rings. The summed E-state index contributed by atoms with van der Waals surface area (Å²) < 4.78 is 25.0. The fourth-order valence-corrected chi connectivity index (χ4v) is 4.42. The first-order chi connectivity index (χ1) is 8.41. The molecule has 0 saturated heterocycles. The van der Waals surface area contributed by atoms with Gasteiger partial charge in [0.2, 0.25) is 0 Å². The Balaban J connectivity index is 2.22. The molecule has 0 N–H and O–H groups in total. The van der Waals surface area contributed by atoms with Gasteiger partial charge in [0.15, 0.2) is 9.84 Å². The highest BCUT2D eigenvalue weighted by Gasteiger charge is 2.35. The SMILES string of the molecule is C=C(C)C1CCC(S(=O)(=O)c2ccc(C)cc2)C1. The number of aryl methyl sites for hydroxylation is 1. The molecule has 1 saturated carbocycles. The molecule has 1 aromatic carbocycles. The molecule has 0 bridgehead atoms. The second-order valence-corrected chi connectivity index (χ2v) is 7.56. The van der Waals surface area contributed by atoms with Gasteiger partial charge in [-0.05, 0) is 51.2 Å². The fraction of sp³-hybridized carbons (Fsp3) is 0.467. The summed E-state index contributed by atoms with van der Waals surface area (Å²) in [6, 6.07) is 7.16. The van der Waals surface area contributed by atoms with Crippen molar-refractivity contribution >= 4 is 9.84 Å². The quantitative estimate of drug-likeness (QED) is 0.783. The van der Waals surface area contributed by atoms with E-state index in [1.54, 1.807) is 12.1 Å². The Bertz CT molecular complexity index is 540. The lowest BCUT2D eigenvalue weighted by molar-refractivity contribution is 0.575. The minimum atomic E-state index is -3.16. The van der Waals surface area contributed by atoms with Crippen molar-refractivity contribution in [2.75, 3.05) is 0 Å². The number of hydrogen-bond donors (Lipinski definition) is 0. The minimum absolute atomic E-state index is 0.234. The molecule has 98 valence electrons. The molecule has 0 heterocycles. The lowest BCUT2D eigenvalue weighted by atomic mass is 10.0. The van der Waals surface area contributed by atoms with E-state index in [9.17, 15) is 8.42 Å². The van der Waals surface area contributed by atoms with Crippen molar-refractivity contribution in [2.45, 2.75) is 43.3 Å². The van der Waals surface area contributed by atoms with E-state index in [2.05, 4.69) is 6.58 Å². The zero-order chi connectivity index (χ0) is 13.3. The molecule has 2 rings (SSSR count). The number of allylic oxidation sites excluding steroid dienone is 1. The molecule has 0 radical (unpaired) electrons. The average molecular weight is 264 g/mol. The number of benzene rings is 1. The predicted octanol–water partition coefficient (Wildman–Crippen LogP) is 3.51. The van der Waals surface area contributed by atoms with Gasteiger partial charge in [-0.25, -0.2) is 8.42 Å². The maximum absolute atomic E-state index is 12.5. The van der Waals surface area contributed by atoms with Gasteiger partial charge in [0.05, 0.1) is 10.1 Å². The van der Waals surface area contributed by atoms with Gasteiger partial charge in [-0.2, -0.15) is 0 Å². The third-order valence-corrected chi connectivity index (χ3v) is 6.10. The summed E-state index contributed by atoms with van der Waals surface area (Å²) in [4.78, 5) is 0.459. The summed E-state index contributed by atoms with van der Waals surface area (Å²) >= 11 is 0. The smallest absolute Gasteiger partial charge is 0.181 e. The van der Waals surface area contributed by atoms with Gasteiger partial charge in [0.25, 0.3) is 0 Å². The van der Waals surface area contributed by atoms with Crippen LogP contribution in [0.3, 0.4) is 0 Å². The highest BCUT2D eigenvalue weighted by molar-refractivity contribution is 7.92. The highest BCUT2D eigenvalue weighted by atomic mass is 32.2. The van der Waals surface area contributed by atoms with Crippen LogP contribution in [0.1, 0.15) is 31.7 Å². The van der Waals surface area contributed by atoms with Gasteiger partial charge in [0.1, 0.15) is 0 Å². The summed E-state index contributed by atoms with van der Waals surface area (Å²) in [6.45, 7) is 7.90. The van der Waals surface area contributed by atoms with Gasteiger partial charge in [-0.15, -0.1) is 0 Å². The van der Waals surface area contributed by atoms with E-state index < -0.39 is 9.84 Å². The van der Waals surface area contributed by atoms with E-state index in [0.717, 1.165) is 30.4 Å². The summed E-state index contributed by atoms with van der Waals surface area (Å²) in [7, 11) is -3.16. The summed E-state index contributed by atoms with van der Waals surface area (Å²) in [5, 5.41) is -0.234. The number of sulfone groups is 1. The van der Waals surface area contributed by atoms with E-state index in [1.807, 2.05) is 26.0 Å². The van der Waals surface area contributed by atoms with Crippen molar-refractivity contribution in [2.24, 2.45) is 5.92 Å². The van der Waals surface area contributed by atoms with E-state index in [0.29, 0.717) is 10.8 Å². The Kier molecular flexibility index (Phi) is 3.62. The van der Waals surface area contributed by atoms with E-state index in [-0.39, 0.29) is 5.25 Å². The molecule has 2 nitrogen and oxygen atoms in total. The van der Waals surface area contributed by atoms with E-state index in [4.69, 9.17) is 0 Å². The van der Waals surface area contributed by atoms with Gasteiger partial charge in [0, 0.05) is 0 Å². The lowest BCUT2D eigenvalue weighted by Gasteiger charge is -2.13. The van der Waals surface area contributed by atoms with Crippen LogP contribution in [0.2, 0.25) is 0 Å². The Morgan fingerprint density at radius 3 is 2.33 bits per heavy atom. The normalized spacial score (nSPS) is 24.1. The Labute approximate surface area is 110 Å². The third kappa shape index (κ3) is 2.51. The number of hydrogen-bond acceptors (Lipinski definition) is 2. The van der Waals surface area contributed by atoms with Crippen LogP contribution in [0.4, 0.5) is 0 Å². The maximum atomic E-state index is 12.5. The van der Waals surface area contributed by atoms with E-state index in [1.165, 1.54) is 0 Å². The summed E-state index contributed by atoms with van der Waals surface area (Å²) in [6.07, 6.45) is 2.43. The maximum Gasteiger partial charge on any atom is 0.181 e. The summed E-state index contributed by atoms with van der Waals surface area (Å²) in [5.41, 5.74) is 2.19. The van der Waals surface area contributed by atoms with Crippen molar-refractivity contribution in [3.63, 3.8) is 0 Å². The Hall–Kier alpha value is -1.09. The standard InChI is InChI=1S/C15H20O2S/c1-11(2)13-6-9-15(10-13)18(16,17)14-7-4-12(3)5-8-14/h4-5,7-8,13,15H,1,6,9-10H2,2-3H3. The van der Waals surface area contributed by atoms with Gasteiger partial charge >= 0.3 is 0 Å². The van der Waals surface area contributed by atoms with Crippen LogP contribution < -0.4 is 0 Å². The van der Waals surface area contributed by atoms with E-state index >= 15 is 0 Å². The molecular formula is C15H20O2S. The molecule has 1 aliphatic rings. The largest absolute Gasteiger partial charge is 0.223 e. The molecule has 1 aliphatic carbocycles. The molecule has 0 spiro atoms. The Morgan fingerprint density at radius 1 is 1.22 bits per heavy atom. The average Bonchev–Trinajstić information content (AvgIpc) is 2.79. The first-order valence-corrected chi connectivity index (χ1v) is 7.92. The van der Waals surface area contributed by atoms with Crippen molar-refractivity contribution < 1.29 is 8.42 Å². The molecule has 0 aromatic heterocycles. The van der Waals surface area contributed by atoms with Crippen LogP contribution in [0.25, 0.3) is 0 Å². The van der Waals surface area contributed by atoms with Crippen LogP contribution in [0.15, 0.2) is 41.3 Å². The van der Waals surface area contributed by atoms with Crippen LogP contribution in [-0.2, 0) is 9.84 Å². The first-order valence-electron chi connectivity index (χ1n) is 6.37. The predicted molar refractivity (Wildman–Crippen MR) is 74.3 cm³/mol. The highest BCUT2D eigenvalue weighted by Crippen LogP contribution is 2.36. The number of rotatable bonds is 3. The zero-order valence-corrected chi connectivity index (χ0v) is 11.8. The fourth-order valence-electron chi connectivity index (χ4n) is 2.59. The Morgan fingerprint density at radius 2 is 1.83 bits per heavy atom. The van der Waals surface area contributed by atoms with Crippen LogP contribution in [0, 0.1) is 12.8 Å². The molecule has 2 atom stereocenters. The van der Waals surface area contributed by atoms with Crippen LogP contribution in [-0.4, -0.2) is 13.7 Å². The van der Waals surface area contributed by atoms with Crippen LogP contribution >= 0.6 is 0 Å². The second kappa shape index (κ2) is 4.88. The third-order valence-electron chi connectivity index (χ3n) is 3.87.